The van der Waals surface area contributed by atoms with Crippen LogP contribution in [0.3, 0.4) is 0 Å². The Morgan fingerprint density at radius 2 is 1.70 bits per heavy atom. The van der Waals surface area contributed by atoms with Gasteiger partial charge in [-0.3, -0.25) is 24.1 Å². The lowest BCUT2D eigenvalue weighted by atomic mass is 9.68. The highest BCUT2D eigenvalue weighted by molar-refractivity contribution is 8.00. The van der Waals surface area contributed by atoms with Crippen LogP contribution in [0, 0.1) is 36.5 Å². The molecule has 8 nitrogen and oxygen atoms in total. The summed E-state index contributed by atoms with van der Waals surface area (Å²) < 4.78 is 6.17. The zero-order chi connectivity index (χ0) is 30.1. The van der Waals surface area contributed by atoms with Crippen LogP contribution in [0.2, 0.25) is 0 Å². The van der Waals surface area contributed by atoms with E-state index in [4.69, 9.17) is 4.74 Å². The van der Waals surface area contributed by atoms with Crippen LogP contribution >= 0.6 is 23.1 Å². The molecule has 2 N–H and O–H groups in total. The highest BCUT2D eigenvalue weighted by Gasteiger charge is 2.69. The van der Waals surface area contributed by atoms with E-state index in [0.29, 0.717) is 17.1 Å². The Morgan fingerprint density at radius 3 is 2.50 bits per heavy atom. The molecule has 3 heterocycles. The van der Waals surface area contributed by atoms with Crippen molar-refractivity contribution >= 4 is 52.2 Å². The van der Waals surface area contributed by atoms with E-state index in [1.54, 1.807) is 11.8 Å². The molecule has 8 rings (SSSR count). The number of hydrogen-bond donors (Lipinski definition) is 2. The largest absolute Gasteiger partial charge is 0.483 e. The van der Waals surface area contributed by atoms with Crippen molar-refractivity contribution in [2.24, 2.45) is 29.6 Å². The normalized spacial score (nSPS) is 28.0. The third-order valence-electron chi connectivity index (χ3n) is 9.65. The lowest BCUT2D eigenvalue weighted by Gasteiger charge is -2.43. The molecule has 2 aliphatic heterocycles. The fraction of sp³-hybridized carbons (Fsp3) is 0.294. The number of imide groups is 1. The highest BCUT2D eigenvalue weighted by atomic mass is 32.2. The van der Waals surface area contributed by atoms with Gasteiger partial charge >= 0.3 is 4.87 Å². The molecule has 10 heteroatoms. The minimum absolute atomic E-state index is 0.0133. The molecular weight excluding hydrogens is 595 g/mol. The van der Waals surface area contributed by atoms with Crippen molar-refractivity contribution in [2.45, 2.75) is 29.5 Å². The lowest BCUT2D eigenvalue weighted by molar-refractivity contribution is -0.123. The van der Waals surface area contributed by atoms with E-state index in [-0.39, 0.29) is 70.0 Å². The molecule has 2 bridgehead atoms. The summed E-state index contributed by atoms with van der Waals surface area (Å²) in [6.07, 6.45) is 0.801. The number of H-pyrrole nitrogens is 1. The summed E-state index contributed by atoms with van der Waals surface area (Å²) in [5.74, 6) is -0.828. The van der Waals surface area contributed by atoms with Crippen molar-refractivity contribution in [3.05, 3.63) is 105 Å². The average molecular weight is 624 g/mol. The number of thioether (sulfide) groups is 1. The van der Waals surface area contributed by atoms with Crippen LogP contribution in [0.25, 0.3) is 0 Å². The number of carbonyl (C=O) groups excluding carboxylic acids is 3. The molecule has 3 aromatic carbocycles. The van der Waals surface area contributed by atoms with Gasteiger partial charge in [-0.25, -0.2) is 0 Å². The molecule has 7 atom stereocenters. The second-order valence-corrected chi connectivity index (χ2v) is 14.3. The predicted octanol–water partition coefficient (Wildman–Crippen LogP) is 5.44. The fourth-order valence-electron chi connectivity index (χ4n) is 8.13. The lowest BCUT2D eigenvalue weighted by Crippen LogP contribution is -2.42. The number of fused-ring (bicyclic) bond motifs is 9. The first-order valence-corrected chi connectivity index (χ1v) is 16.5. The van der Waals surface area contributed by atoms with E-state index in [2.05, 4.69) is 10.3 Å². The van der Waals surface area contributed by atoms with Gasteiger partial charge in [-0.1, -0.05) is 59.9 Å². The smallest absolute Gasteiger partial charge is 0.305 e. The molecule has 0 spiro atoms. The van der Waals surface area contributed by atoms with Crippen LogP contribution in [0.15, 0.2) is 88.7 Å². The number of thiazole rings is 1. The first-order chi connectivity index (χ1) is 21.4. The van der Waals surface area contributed by atoms with Gasteiger partial charge in [-0.05, 0) is 67.0 Å². The van der Waals surface area contributed by atoms with Crippen LogP contribution in [-0.2, 0) is 14.4 Å². The highest BCUT2D eigenvalue weighted by Crippen LogP contribution is 2.69. The number of carbonyl (C=O) groups is 3. The molecule has 44 heavy (non-hydrogen) atoms. The van der Waals surface area contributed by atoms with Crippen LogP contribution in [0.1, 0.15) is 28.3 Å². The first-order valence-electron chi connectivity index (χ1n) is 14.8. The van der Waals surface area contributed by atoms with Crippen molar-refractivity contribution in [2.75, 3.05) is 16.8 Å². The number of aromatic amines is 1. The third kappa shape index (κ3) is 4.26. The van der Waals surface area contributed by atoms with Gasteiger partial charge in [0.2, 0.25) is 11.8 Å². The Bertz CT molecular complexity index is 1870. The Balaban J connectivity index is 1.13. The standard InChI is InChI=1S/C34H29N3O5S2/c1-17-8-7-9-18(14-17)35-24(38)16-42-23-13-6-5-12-20(23)25-26-21-15-22(29(26)43-31-30(25)44-34(41)36-31)28-27(21)32(39)37(33(28)40)19-10-3-2-4-11-19/h2-14,21-22,25-29H,15-16H2,1H3,(H,35,38)(H,36,41)/t21-,22-,25+,26-,27+,28+,29-/m1/s1. The number of aromatic nitrogens is 1. The van der Waals surface area contributed by atoms with Gasteiger partial charge in [-0.15, -0.1) is 11.8 Å². The summed E-state index contributed by atoms with van der Waals surface area (Å²) in [6, 6.07) is 24.5. The zero-order valence-corrected chi connectivity index (χ0v) is 25.4. The number of nitrogens with zero attached hydrogens (tertiary/aromatic N) is 1. The number of aryl methyl sites for hydroxylation is 1. The minimum Gasteiger partial charge on any atom is -0.483 e. The van der Waals surface area contributed by atoms with Crippen molar-refractivity contribution in [1.29, 1.82) is 0 Å². The summed E-state index contributed by atoms with van der Waals surface area (Å²) >= 11 is 2.85. The molecule has 1 aromatic heterocycles. The number of amides is 3. The van der Waals surface area contributed by atoms with Crippen molar-refractivity contribution in [3.8, 4) is 5.75 Å². The summed E-state index contributed by atoms with van der Waals surface area (Å²) in [5.41, 5.74) is 3.26. The van der Waals surface area contributed by atoms with Gasteiger partial charge in [0.05, 0.1) is 22.5 Å². The van der Waals surface area contributed by atoms with E-state index in [9.17, 15) is 19.2 Å². The van der Waals surface area contributed by atoms with Crippen LogP contribution in [0.5, 0.6) is 5.75 Å². The summed E-state index contributed by atoms with van der Waals surface area (Å²) in [5, 5.41) is 3.79. The molecule has 3 fully saturated rings. The second kappa shape index (κ2) is 10.5. The Hall–Kier alpha value is -4.15. The molecule has 0 radical (unpaired) electrons. The average Bonchev–Trinajstić information content (AvgIpc) is 3.75. The van der Waals surface area contributed by atoms with Gasteiger partial charge < -0.3 is 15.0 Å². The number of nitrogens with one attached hydrogen (secondary N) is 2. The summed E-state index contributed by atoms with van der Waals surface area (Å²) in [7, 11) is 0. The molecule has 2 saturated carbocycles. The maximum absolute atomic E-state index is 13.9. The van der Waals surface area contributed by atoms with Crippen molar-refractivity contribution in [3.63, 3.8) is 0 Å². The maximum atomic E-state index is 13.9. The first kappa shape index (κ1) is 27.4. The monoisotopic (exact) mass is 623 g/mol. The number of anilines is 2. The number of para-hydroxylation sites is 2. The van der Waals surface area contributed by atoms with E-state index >= 15 is 0 Å². The molecule has 4 aliphatic rings. The molecule has 0 unspecified atom stereocenters. The van der Waals surface area contributed by atoms with Crippen molar-refractivity contribution < 1.29 is 19.1 Å². The fourth-order valence-corrected chi connectivity index (χ4v) is 11.0. The zero-order valence-electron chi connectivity index (χ0n) is 23.8. The minimum atomic E-state index is -0.387. The SMILES string of the molecule is Cc1cccc(NC(=O)COc2ccccc2[C@@H]2c3sc(=O)[nH]c3S[C@@H]3[C@@H]4C[C@@H]([C@@H]5C(=O)N(c6ccccc6)C(=O)[C@@H]45)[C@H]23)c1. The summed E-state index contributed by atoms with van der Waals surface area (Å²) in [6.45, 7) is 1.79. The number of hydrogen-bond acceptors (Lipinski definition) is 7. The van der Waals surface area contributed by atoms with Crippen LogP contribution in [-0.4, -0.2) is 34.6 Å². The summed E-state index contributed by atoms with van der Waals surface area (Å²) in [4.78, 5) is 58.5. The Kier molecular flexibility index (Phi) is 6.53. The van der Waals surface area contributed by atoms with Crippen LogP contribution < -0.4 is 19.8 Å². The molecule has 3 amide bonds. The number of rotatable bonds is 6. The number of ether oxygens (including phenoxy) is 1. The van der Waals surface area contributed by atoms with Crippen LogP contribution in [0.4, 0.5) is 11.4 Å². The predicted molar refractivity (Wildman–Crippen MR) is 169 cm³/mol. The van der Waals surface area contributed by atoms with Gasteiger partial charge in [0, 0.05) is 27.3 Å². The van der Waals surface area contributed by atoms with E-state index in [1.807, 2.05) is 85.8 Å². The van der Waals surface area contributed by atoms with Gasteiger partial charge in [0.1, 0.15) is 5.75 Å². The topological polar surface area (TPSA) is 109 Å². The molecular formula is C34H29N3O5S2. The number of benzene rings is 3. The third-order valence-corrected chi connectivity index (χ3v) is 12.2. The molecule has 1 saturated heterocycles. The van der Waals surface area contributed by atoms with Gasteiger partial charge in [0.15, 0.2) is 6.61 Å². The molecule has 2 aliphatic carbocycles. The van der Waals surface area contributed by atoms with Gasteiger partial charge in [0.25, 0.3) is 5.91 Å². The quantitative estimate of drug-likeness (QED) is 0.277. The Morgan fingerprint density at radius 1 is 0.955 bits per heavy atom. The van der Waals surface area contributed by atoms with E-state index in [1.165, 1.54) is 16.2 Å². The van der Waals surface area contributed by atoms with Crippen molar-refractivity contribution in [1.82, 2.24) is 4.98 Å². The Labute approximate surface area is 261 Å². The van der Waals surface area contributed by atoms with E-state index < -0.39 is 0 Å². The maximum Gasteiger partial charge on any atom is 0.305 e. The molecule has 222 valence electrons. The van der Waals surface area contributed by atoms with Gasteiger partial charge in [-0.2, -0.15) is 0 Å². The second-order valence-electron chi connectivity index (χ2n) is 12.1. The van der Waals surface area contributed by atoms with E-state index in [0.717, 1.165) is 27.5 Å². The molecule has 4 aromatic rings.